The molecule has 0 saturated carbocycles. The van der Waals surface area contributed by atoms with E-state index in [4.69, 9.17) is 13.6 Å². The summed E-state index contributed by atoms with van der Waals surface area (Å²) in [4.78, 5) is 24.7. The van der Waals surface area contributed by atoms with E-state index in [1.165, 1.54) is 0 Å². The van der Waals surface area contributed by atoms with Gasteiger partial charge < -0.3 is 23.7 Å². The number of ether oxygens (including phenoxy) is 1. The lowest BCUT2D eigenvalue weighted by molar-refractivity contribution is -0.115. The highest BCUT2D eigenvalue weighted by atomic mass is 28.4. The van der Waals surface area contributed by atoms with Gasteiger partial charge >= 0.3 is 6.09 Å². The normalized spacial score (nSPS) is 15.1. The van der Waals surface area contributed by atoms with Crippen molar-refractivity contribution < 1.29 is 23.2 Å². The van der Waals surface area contributed by atoms with Gasteiger partial charge in [0.25, 0.3) is 0 Å². The molecule has 1 aromatic rings. The van der Waals surface area contributed by atoms with Crippen LogP contribution in [-0.4, -0.2) is 47.8 Å². The van der Waals surface area contributed by atoms with Gasteiger partial charge in [0, 0.05) is 0 Å². The Labute approximate surface area is 196 Å². The van der Waals surface area contributed by atoms with E-state index < -0.39 is 34.9 Å². The first kappa shape index (κ1) is 28.5. The van der Waals surface area contributed by atoms with Gasteiger partial charge in [-0.2, -0.15) is 0 Å². The SMILES string of the molecule is CC(C)(C)[Si](C)(C)OC[C@H](NC(=O)OCc1ccccc1)[C@@H](C=O)O[Si](C)(C)C(C)(C)C. The quantitative estimate of drug-likeness (QED) is 0.333. The van der Waals surface area contributed by atoms with Gasteiger partial charge in [-0.3, -0.25) is 0 Å². The lowest BCUT2D eigenvalue weighted by atomic mass is 10.2. The molecule has 0 aliphatic heterocycles. The third-order valence-corrected chi connectivity index (χ3v) is 15.7. The first-order chi connectivity index (χ1) is 14.5. The Morgan fingerprint density at radius 3 is 1.97 bits per heavy atom. The van der Waals surface area contributed by atoms with Crippen molar-refractivity contribution in [3.05, 3.63) is 35.9 Å². The molecule has 8 heteroatoms. The number of hydrogen-bond donors (Lipinski definition) is 1. The minimum Gasteiger partial charge on any atom is -0.445 e. The van der Waals surface area contributed by atoms with Gasteiger partial charge in [-0.15, -0.1) is 0 Å². The summed E-state index contributed by atoms with van der Waals surface area (Å²) in [6.45, 7) is 21.6. The third-order valence-electron chi connectivity index (χ3n) is 6.71. The van der Waals surface area contributed by atoms with E-state index in [2.05, 4.69) is 73.0 Å². The van der Waals surface area contributed by atoms with Crippen LogP contribution in [-0.2, 0) is 25.0 Å². The second-order valence-corrected chi connectivity index (χ2v) is 20.9. The molecular formula is C24H43NO5Si2. The van der Waals surface area contributed by atoms with Crippen molar-refractivity contribution in [3.8, 4) is 0 Å². The standard InChI is InChI=1S/C24H43NO5Si2/c1-23(2,3)31(7,8)29-18-20(21(16-26)30-32(9,10)24(4,5)6)25-22(27)28-17-19-14-12-11-13-15-19/h11-16,20-21H,17-18H2,1-10H3,(H,25,27)/t20-,21+/m0/s1. The minimum atomic E-state index is -2.25. The number of hydrogen-bond acceptors (Lipinski definition) is 5. The van der Waals surface area contributed by atoms with Crippen LogP contribution in [0.2, 0.25) is 36.3 Å². The molecule has 0 aliphatic rings. The lowest BCUT2D eigenvalue weighted by Crippen LogP contribution is -2.55. The summed E-state index contributed by atoms with van der Waals surface area (Å²) in [6.07, 6.45) is -0.634. The predicted octanol–water partition coefficient (Wildman–Crippen LogP) is 5.89. The van der Waals surface area contributed by atoms with E-state index in [1.54, 1.807) is 0 Å². The smallest absolute Gasteiger partial charge is 0.407 e. The molecule has 0 radical (unpaired) electrons. The molecule has 2 atom stereocenters. The number of carbonyl (C=O) groups is 2. The van der Waals surface area contributed by atoms with Gasteiger partial charge in [0.1, 0.15) is 19.0 Å². The molecule has 1 N–H and O–H groups in total. The second-order valence-electron chi connectivity index (χ2n) is 11.4. The lowest BCUT2D eigenvalue weighted by Gasteiger charge is -2.41. The molecule has 0 heterocycles. The van der Waals surface area contributed by atoms with E-state index in [0.717, 1.165) is 11.8 Å². The maximum Gasteiger partial charge on any atom is 0.407 e. The molecule has 1 amide bonds. The van der Waals surface area contributed by atoms with Crippen LogP contribution in [0.3, 0.4) is 0 Å². The predicted molar refractivity (Wildman–Crippen MR) is 135 cm³/mol. The maximum absolute atomic E-state index is 12.6. The van der Waals surface area contributed by atoms with Gasteiger partial charge in [-0.25, -0.2) is 4.79 Å². The zero-order valence-electron chi connectivity index (χ0n) is 21.6. The number of alkyl carbamates (subject to hydrolysis) is 1. The summed E-state index contributed by atoms with van der Waals surface area (Å²) < 4.78 is 18.1. The largest absolute Gasteiger partial charge is 0.445 e. The van der Waals surface area contributed by atoms with Gasteiger partial charge in [-0.1, -0.05) is 71.9 Å². The zero-order chi connectivity index (χ0) is 24.8. The van der Waals surface area contributed by atoms with Gasteiger partial charge in [-0.05, 0) is 41.8 Å². The number of nitrogens with one attached hydrogen (secondary N) is 1. The molecule has 0 bridgehead atoms. The Morgan fingerprint density at radius 2 is 1.50 bits per heavy atom. The molecule has 32 heavy (non-hydrogen) atoms. The molecule has 6 nitrogen and oxygen atoms in total. The molecule has 182 valence electrons. The molecule has 0 fully saturated rings. The van der Waals surface area contributed by atoms with Crippen LogP contribution in [0, 0.1) is 0 Å². The van der Waals surface area contributed by atoms with Crippen molar-refractivity contribution in [3.63, 3.8) is 0 Å². The van der Waals surface area contributed by atoms with Crippen molar-refractivity contribution in [2.24, 2.45) is 0 Å². The van der Waals surface area contributed by atoms with Crippen LogP contribution in [0.5, 0.6) is 0 Å². The number of aldehydes is 1. The van der Waals surface area contributed by atoms with Gasteiger partial charge in [0.2, 0.25) is 0 Å². The Balaban J connectivity index is 3.00. The molecule has 1 aromatic carbocycles. The highest BCUT2D eigenvalue weighted by molar-refractivity contribution is 6.74. The number of carbonyl (C=O) groups excluding carboxylic acids is 2. The summed E-state index contributed by atoms with van der Waals surface area (Å²) in [5.74, 6) is 0. The fraction of sp³-hybridized carbons (Fsp3) is 0.667. The maximum atomic E-state index is 12.6. The van der Waals surface area contributed by atoms with Crippen molar-refractivity contribution in [1.29, 1.82) is 0 Å². The molecule has 0 aliphatic carbocycles. The molecule has 1 rings (SSSR count). The van der Waals surface area contributed by atoms with Crippen LogP contribution in [0.15, 0.2) is 30.3 Å². The van der Waals surface area contributed by atoms with Crippen molar-refractivity contribution >= 4 is 29.0 Å². The molecule has 0 aromatic heterocycles. The van der Waals surface area contributed by atoms with Crippen molar-refractivity contribution in [2.75, 3.05) is 6.61 Å². The first-order valence-corrected chi connectivity index (χ1v) is 17.1. The monoisotopic (exact) mass is 481 g/mol. The van der Waals surface area contributed by atoms with E-state index in [-0.39, 0.29) is 23.3 Å². The number of benzene rings is 1. The topological polar surface area (TPSA) is 73.9 Å². The average Bonchev–Trinajstić information content (AvgIpc) is 2.67. The Bertz CT molecular complexity index is 739. The third kappa shape index (κ3) is 8.46. The van der Waals surface area contributed by atoms with Crippen LogP contribution < -0.4 is 5.32 Å². The fourth-order valence-corrected chi connectivity index (χ4v) is 4.65. The van der Waals surface area contributed by atoms with Crippen LogP contribution in [0.4, 0.5) is 4.79 Å². The number of amides is 1. The summed E-state index contributed by atoms with van der Waals surface area (Å²) in [7, 11) is -4.35. The van der Waals surface area contributed by atoms with E-state index in [0.29, 0.717) is 0 Å². The summed E-state index contributed by atoms with van der Waals surface area (Å²) in [6, 6.07) is 8.83. The van der Waals surface area contributed by atoms with Crippen molar-refractivity contribution in [2.45, 2.75) is 96.6 Å². The van der Waals surface area contributed by atoms with E-state index in [9.17, 15) is 9.59 Å². The van der Waals surface area contributed by atoms with Crippen molar-refractivity contribution in [1.82, 2.24) is 5.32 Å². The summed E-state index contributed by atoms with van der Waals surface area (Å²) in [5.41, 5.74) is 0.890. The van der Waals surface area contributed by atoms with E-state index >= 15 is 0 Å². The van der Waals surface area contributed by atoms with Gasteiger partial charge in [0.05, 0.1) is 12.6 Å². The van der Waals surface area contributed by atoms with Gasteiger partial charge in [0.15, 0.2) is 16.6 Å². The summed E-state index contributed by atoms with van der Waals surface area (Å²) >= 11 is 0. The Kier molecular flexibility index (Phi) is 9.89. The molecule has 0 saturated heterocycles. The minimum absolute atomic E-state index is 0.00231. The Morgan fingerprint density at radius 1 is 0.969 bits per heavy atom. The summed E-state index contributed by atoms with van der Waals surface area (Å²) in [5, 5.41) is 2.76. The zero-order valence-corrected chi connectivity index (χ0v) is 23.6. The van der Waals surface area contributed by atoms with Crippen LogP contribution >= 0.6 is 0 Å². The number of rotatable bonds is 10. The fourth-order valence-electron chi connectivity index (χ4n) is 2.37. The average molecular weight is 482 g/mol. The van der Waals surface area contributed by atoms with Crippen LogP contribution in [0.1, 0.15) is 47.1 Å². The highest BCUT2D eigenvalue weighted by Gasteiger charge is 2.43. The van der Waals surface area contributed by atoms with Crippen LogP contribution in [0.25, 0.3) is 0 Å². The molecule has 0 spiro atoms. The molecular weight excluding hydrogens is 438 g/mol. The molecule has 0 unspecified atom stereocenters. The first-order valence-electron chi connectivity index (χ1n) is 11.2. The second kappa shape index (κ2) is 11.1. The van der Waals surface area contributed by atoms with E-state index in [1.807, 2.05) is 30.3 Å². The Hall–Kier alpha value is -1.49. The highest BCUT2D eigenvalue weighted by Crippen LogP contribution is 2.38.